The van der Waals surface area contributed by atoms with Crippen molar-refractivity contribution in [3.63, 3.8) is 0 Å². The summed E-state index contributed by atoms with van der Waals surface area (Å²) in [7, 11) is 0. The summed E-state index contributed by atoms with van der Waals surface area (Å²) in [6.45, 7) is 0.127. The van der Waals surface area contributed by atoms with E-state index in [1.54, 1.807) is 30.3 Å². The van der Waals surface area contributed by atoms with Gasteiger partial charge in [-0.15, -0.1) is 0 Å². The Hall–Kier alpha value is -2.47. The molecule has 7 heteroatoms. The summed E-state index contributed by atoms with van der Waals surface area (Å²) in [5.74, 6) is -0.242. The minimum Gasteiger partial charge on any atom is -0.459 e. The lowest BCUT2D eigenvalue weighted by atomic mass is 9.95. The van der Waals surface area contributed by atoms with E-state index in [9.17, 15) is 9.59 Å². The Morgan fingerprint density at radius 1 is 1.12 bits per heavy atom. The zero-order chi connectivity index (χ0) is 18.4. The molecule has 138 valence electrons. The van der Waals surface area contributed by atoms with Gasteiger partial charge in [0.2, 0.25) is 5.91 Å². The third-order valence-corrected chi connectivity index (χ3v) is 4.62. The molecule has 0 bridgehead atoms. The standard InChI is InChI=1S/C19H22ClN3O3/c20-13-8-9-15(16(11-13)23-19(25)17-7-4-10-26-17)21-12-18(24)22-14-5-2-1-3-6-14/h4,7-11,14,21H,1-3,5-6,12H2,(H,22,24)(H,23,25). The van der Waals surface area contributed by atoms with Gasteiger partial charge in [0.1, 0.15) is 0 Å². The van der Waals surface area contributed by atoms with Crippen molar-refractivity contribution in [3.8, 4) is 0 Å². The lowest BCUT2D eigenvalue weighted by Gasteiger charge is -2.23. The Balaban J connectivity index is 1.60. The van der Waals surface area contributed by atoms with Crippen LogP contribution in [0.1, 0.15) is 42.7 Å². The molecule has 0 saturated heterocycles. The van der Waals surface area contributed by atoms with Crippen molar-refractivity contribution in [1.82, 2.24) is 5.32 Å². The Bertz CT molecular complexity index is 755. The summed E-state index contributed by atoms with van der Waals surface area (Å²) in [5.41, 5.74) is 1.11. The van der Waals surface area contributed by atoms with Crippen LogP contribution >= 0.6 is 11.6 Å². The van der Waals surface area contributed by atoms with E-state index in [1.165, 1.54) is 25.5 Å². The molecule has 3 rings (SSSR count). The highest BCUT2D eigenvalue weighted by Crippen LogP contribution is 2.26. The molecule has 1 heterocycles. The highest BCUT2D eigenvalue weighted by molar-refractivity contribution is 6.31. The Labute approximate surface area is 157 Å². The SMILES string of the molecule is O=C(CNc1ccc(Cl)cc1NC(=O)c1ccco1)NC1CCCCC1. The molecule has 1 aliphatic rings. The van der Waals surface area contributed by atoms with E-state index in [2.05, 4.69) is 16.0 Å². The molecule has 2 aromatic rings. The van der Waals surface area contributed by atoms with Crippen LogP contribution in [-0.4, -0.2) is 24.4 Å². The molecular formula is C19H22ClN3O3. The number of hydrogen-bond acceptors (Lipinski definition) is 4. The van der Waals surface area contributed by atoms with Gasteiger partial charge >= 0.3 is 0 Å². The molecule has 1 aromatic heterocycles. The lowest BCUT2D eigenvalue weighted by Crippen LogP contribution is -2.39. The van der Waals surface area contributed by atoms with Gasteiger partial charge in [-0.05, 0) is 43.2 Å². The van der Waals surface area contributed by atoms with Crippen molar-refractivity contribution in [1.29, 1.82) is 0 Å². The van der Waals surface area contributed by atoms with Gasteiger partial charge in [-0.3, -0.25) is 9.59 Å². The van der Waals surface area contributed by atoms with E-state index in [1.807, 2.05) is 0 Å². The van der Waals surface area contributed by atoms with Crippen molar-refractivity contribution < 1.29 is 14.0 Å². The zero-order valence-corrected chi connectivity index (χ0v) is 15.1. The van der Waals surface area contributed by atoms with Crippen LogP contribution in [0, 0.1) is 0 Å². The fourth-order valence-corrected chi connectivity index (χ4v) is 3.24. The first-order chi connectivity index (χ1) is 12.6. The van der Waals surface area contributed by atoms with E-state index in [4.69, 9.17) is 16.0 Å². The number of anilines is 2. The highest BCUT2D eigenvalue weighted by atomic mass is 35.5. The summed E-state index contributed by atoms with van der Waals surface area (Å²) in [6, 6.07) is 8.54. The normalized spacial score (nSPS) is 14.7. The van der Waals surface area contributed by atoms with E-state index < -0.39 is 0 Å². The second-order valence-electron chi connectivity index (χ2n) is 6.38. The van der Waals surface area contributed by atoms with E-state index in [0.717, 1.165) is 12.8 Å². The number of furan rings is 1. The van der Waals surface area contributed by atoms with Gasteiger partial charge in [0.15, 0.2) is 5.76 Å². The minimum atomic E-state index is -0.382. The van der Waals surface area contributed by atoms with E-state index in [-0.39, 0.29) is 30.2 Å². The van der Waals surface area contributed by atoms with Crippen LogP contribution < -0.4 is 16.0 Å². The number of benzene rings is 1. The number of rotatable bonds is 6. The molecule has 1 fully saturated rings. The van der Waals surface area contributed by atoms with Gasteiger partial charge in [0.05, 0.1) is 24.2 Å². The molecule has 26 heavy (non-hydrogen) atoms. The predicted molar refractivity (Wildman–Crippen MR) is 102 cm³/mol. The van der Waals surface area contributed by atoms with E-state index in [0.29, 0.717) is 16.4 Å². The van der Waals surface area contributed by atoms with Gasteiger partial charge in [-0.1, -0.05) is 30.9 Å². The van der Waals surface area contributed by atoms with Crippen LogP contribution in [0.15, 0.2) is 41.0 Å². The first kappa shape index (κ1) is 18.3. The van der Waals surface area contributed by atoms with Gasteiger partial charge < -0.3 is 20.4 Å². The molecule has 6 nitrogen and oxygen atoms in total. The highest BCUT2D eigenvalue weighted by Gasteiger charge is 2.16. The second kappa shape index (κ2) is 8.76. The lowest BCUT2D eigenvalue weighted by molar-refractivity contribution is -0.120. The Morgan fingerprint density at radius 3 is 2.65 bits per heavy atom. The quantitative estimate of drug-likeness (QED) is 0.711. The van der Waals surface area contributed by atoms with Gasteiger partial charge in [-0.25, -0.2) is 0 Å². The van der Waals surface area contributed by atoms with Crippen LogP contribution in [0.25, 0.3) is 0 Å². The molecule has 3 N–H and O–H groups in total. The molecule has 1 saturated carbocycles. The monoisotopic (exact) mass is 375 g/mol. The molecular weight excluding hydrogens is 354 g/mol. The maximum Gasteiger partial charge on any atom is 0.291 e. The fraction of sp³-hybridized carbons (Fsp3) is 0.368. The molecule has 0 spiro atoms. The van der Waals surface area contributed by atoms with Crippen molar-refractivity contribution in [2.75, 3.05) is 17.2 Å². The van der Waals surface area contributed by atoms with Gasteiger partial charge in [-0.2, -0.15) is 0 Å². The number of carbonyl (C=O) groups excluding carboxylic acids is 2. The molecule has 2 amide bonds. The summed E-state index contributed by atoms with van der Waals surface area (Å²) < 4.78 is 5.09. The summed E-state index contributed by atoms with van der Waals surface area (Å²) in [6.07, 6.45) is 7.08. The van der Waals surface area contributed by atoms with Crippen LogP contribution in [0.5, 0.6) is 0 Å². The number of amides is 2. The maximum atomic E-state index is 12.2. The van der Waals surface area contributed by atoms with Crippen molar-refractivity contribution in [2.45, 2.75) is 38.1 Å². The topological polar surface area (TPSA) is 83.4 Å². The summed E-state index contributed by atoms with van der Waals surface area (Å²) >= 11 is 6.03. The largest absolute Gasteiger partial charge is 0.459 e. The van der Waals surface area contributed by atoms with Crippen molar-refractivity contribution in [3.05, 3.63) is 47.4 Å². The third kappa shape index (κ3) is 5.02. The summed E-state index contributed by atoms with van der Waals surface area (Å²) in [5, 5.41) is 9.35. The van der Waals surface area contributed by atoms with Crippen LogP contribution in [0.3, 0.4) is 0 Å². The first-order valence-electron chi connectivity index (χ1n) is 8.79. The number of carbonyl (C=O) groups is 2. The maximum absolute atomic E-state index is 12.2. The Kier molecular flexibility index (Phi) is 6.17. The number of nitrogens with one attached hydrogen (secondary N) is 3. The van der Waals surface area contributed by atoms with Crippen LogP contribution in [-0.2, 0) is 4.79 Å². The van der Waals surface area contributed by atoms with Gasteiger partial charge in [0, 0.05) is 11.1 Å². The number of hydrogen-bond donors (Lipinski definition) is 3. The predicted octanol–water partition coefficient (Wildman–Crippen LogP) is 4.05. The summed E-state index contributed by atoms with van der Waals surface area (Å²) in [4.78, 5) is 24.4. The van der Waals surface area contributed by atoms with Gasteiger partial charge in [0.25, 0.3) is 5.91 Å². The van der Waals surface area contributed by atoms with Crippen LogP contribution in [0.4, 0.5) is 11.4 Å². The molecule has 0 radical (unpaired) electrons. The fourth-order valence-electron chi connectivity index (χ4n) is 3.07. The molecule has 0 aliphatic heterocycles. The molecule has 0 unspecified atom stereocenters. The first-order valence-corrected chi connectivity index (χ1v) is 9.17. The number of halogens is 1. The van der Waals surface area contributed by atoms with Crippen molar-refractivity contribution >= 4 is 34.8 Å². The molecule has 1 aromatic carbocycles. The molecule has 1 aliphatic carbocycles. The Morgan fingerprint density at radius 2 is 1.92 bits per heavy atom. The van der Waals surface area contributed by atoms with Crippen molar-refractivity contribution in [2.24, 2.45) is 0 Å². The van der Waals surface area contributed by atoms with Crippen LogP contribution in [0.2, 0.25) is 5.02 Å². The second-order valence-corrected chi connectivity index (χ2v) is 6.81. The average molecular weight is 376 g/mol. The van der Waals surface area contributed by atoms with E-state index >= 15 is 0 Å². The zero-order valence-electron chi connectivity index (χ0n) is 14.4. The minimum absolute atomic E-state index is 0.0600. The third-order valence-electron chi connectivity index (χ3n) is 4.38. The smallest absolute Gasteiger partial charge is 0.291 e. The average Bonchev–Trinajstić information content (AvgIpc) is 3.17. The molecule has 0 atom stereocenters.